The Balaban J connectivity index is 1.79. The molecule has 0 aliphatic heterocycles. The molecule has 90 valence electrons. The molecular formula is C12H18BrNOS. The van der Waals surface area contributed by atoms with Gasteiger partial charge in [0, 0.05) is 17.5 Å². The number of aliphatic hydroxyl groups is 1. The molecule has 0 spiro atoms. The predicted octanol–water partition coefficient (Wildman–Crippen LogP) is 3.21. The molecule has 1 heterocycles. The van der Waals surface area contributed by atoms with Gasteiger partial charge in [0.05, 0.1) is 9.89 Å². The van der Waals surface area contributed by atoms with E-state index in [1.807, 2.05) is 11.3 Å². The Morgan fingerprint density at radius 3 is 2.69 bits per heavy atom. The molecule has 0 amide bonds. The monoisotopic (exact) mass is 303 g/mol. The fourth-order valence-electron chi connectivity index (χ4n) is 2.14. The predicted molar refractivity (Wildman–Crippen MR) is 71.9 cm³/mol. The van der Waals surface area contributed by atoms with Gasteiger partial charge < -0.3 is 10.4 Å². The van der Waals surface area contributed by atoms with E-state index in [0.717, 1.165) is 32.2 Å². The molecule has 0 aromatic carbocycles. The second kappa shape index (κ2) is 5.63. The van der Waals surface area contributed by atoms with Crippen molar-refractivity contribution in [2.24, 2.45) is 0 Å². The lowest BCUT2D eigenvalue weighted by atomic mass is 9.93. The third-order valence-corrected chi connectivity index (χ3v) is 5.31. The van der Waals surface area contributed by atoms with Crippen LogP contribution in [-0.2, 0) is 6.54 Å². The standard InChI is InChI=1S/C12H18BrNOS/c1-8-6-11(16-12(8)13)7-14-9-2-4-10(15)5-3-9/h6,9-10,14-15H,2-5,7H2,1H3. The zero-order chi connectivity index (χ0) is 11.5. The number of aliphatic hydroxyl groups excluding tert-OH is 1. The van der Waals surface area contributed by atoms with Gasteiger partial charge in [-0.1, -0.05) is 0 Å². The summed E-state index contributed by atoms with van der Waals surface area (Å²) in [4.78, 5) is 1.38. The van der Waals surface area contributed by atoms with Crippen molar-refractivity contribution in [2.45, 2.75) is 51.3 Å². The second-order valence-electron chi connectivity index (χ2n) is 4.56. The van der Waals surface area contributed by atoms with Crippen molar-refractivity contribution in [3.63, 3.8) is 0 Å². The molecule has 0 unspecified atom stereocenters. The number of nitrogens with one attached hydrogen (secondary N) is 1. The van der Waals surface area contributed by atoms with Crippen molar-refractivity contribution in [1.29, 1.82) is 0 Å². The van der Waals surface area contributed by atoms with Crippen molar-refractivity contribution in [2.75, 3.05) is 0 Å². The first-order valence-corrected chi connectivity index (χ1v) is 7.42. The van der Waals surface area contributed by atoms with Gasteiger partial charge >= 0.3 is 0 Å². The Labute approximate surface area is 109 Å². The van der Waals surface area contributed by atoms with Crippen LogP contribution in [0.4, 0.5) is 0 Å². The summed E-state index contributed by atoms with van der Waals surface area (Å²) in [7, 11) is 0. The molecule has 1 saturated carbocycles. The summed E-state index contributed by atoms with van der Waals surface area (Å²) in [6.07, 6.45) is 4.05. The number of rotatable bonds is 3. The van der Waals surface area contributed by atoms with Crippen LogP contribution in [0.15, 0.2) is 9.85 Å². The van der Waals surface area contributed by atoms with Crippen molar-refractivity contribution in [3.05, 3.63) is 20.3 Å². The third kappa shape index (κ3) is 3.29. The first-order valence-electron chi connectivity index (χ1n) is 5.81. The lowest BCUT2D eigenvalue weighted by molar-refractivity contribution is 0.116. The molecular weight excluding hydrogens is 286 g/mol. The molecule has 0 radical (unpaired) electrons. The molecule has 1 aromatic rings. The Kier molecular flexibility index (Phi) is 4.41. The van der Waals surface area contributed by atoms with Crippen molar-refractivity contribution in [3.8, 4) is 0 Å². The van der Waals surface area contributed by atoms with Gasteiger partial charge in [-0.05, 0) is 60.2 Å². The molecule has 1 aromatic heterocycles. The van der Waals surface area contributed by atoms with Gasteiger partial charge in [0.2, 0.25) is 0 Å². The van der Waals surface area contributed by atoms with Crippen LogP contribution in [-0.4, -0.2) is 17.3 Å². The normalized spacial score (nSPS) is 25.9. The highest BCUT2D eigenvalue weighted by molar-refractivity contribution is 9.11. The van der Waals surface area contributed by atoms with Gasteiger partial charge in [-0.15, -0.1) is 11.3 Å². The highest BCUT2D eigenvalue weighted by Gasteiger charge is 2.18. The minimum absolute atomic E-state index is 0.0591. The summed E-state index contributed by atoms with van der Waals surface area (Å²) in [5.41, 5.74) is 1.32. The van der Waals surface area contributed by atoms with Gasteiger partial charge in [0.25, 0.3) is 0 Å². The lowest BCUT2D eigenvalue weighted by Gasteiger charge is -2.26. The molecule has 2 rings (SSSR count). The maximum absolute atomic E-state index is 9.42. The molecule has 0 saturated heterocycles. The minimum atomic E-state index is -0.0591. The van der Waals surface area contributed by atoms with E-state index in [4.69, 9.17) is 0 Å². The summed E-state index contributed by atoms with van der Waals surface area (Å²) in [6.45, 7) is 3.08. The number of halogens is 1. The smallest absolute Gasteiger partial charge is 0.0730 e. The van der Waals surface area contributed by atoms with Crippen molar-refractivity contribution in [1.82, 2.24) is 5.32 Å². The fourth-order valence-corrected chi connectivity index (χ4v) is 3.71. The number of hydrogen-bond acceptors (Lipinski definition) is 3. The van der Waals surface area contributed by atoms with E-state index in [9.17, 15) is 5.11 Å². The highest BCUT2D eigenvalue weighted by Crippen LogP contribution is 2.27. The van der Waals surface area contributed by atoms with Crippen LogP contribution in [0.25, 0.3) is 0 Å². The summed E-state index contributed by atoms with van der Waals surface area (Å²) in [5.74, 6) is 0. The van der Waals surface area contributed by atoms with E-state index in [2.05, 4.69) is 34.2 Å². The average molecular weight is 304 g/mol. The van der Waals surface area contributed by atoms with Crippen LogP contribution in [0, 0.1) is 6.92 Å². The number of aryl methyl sites for hydroxylation is 1. The first-order chi connectivity index (χ1) is 7.65. The maximum Gasteiger partial charge on any atom is 0.0730 e. The molecule has 0 bridgehead atoms. The van der Waals surface area contributed by atoms with Crippen LogP contribution in [0.3, 0.4) is 0 Å². The van der Waals surface area contributed by atoms with Gasteiger partial charge in [-0.25, -0.2) is 0 Å². The van der Waals surface area contributed by atoms with Crippen LogP contribution < -0.4 is 5.32 Å². The maximum atomic E-state index is 9.42. The molecule has 16 heavy (non-hydrogen) atoms. The van der Waals surface area contributed by atoms with E-state index in [-0.39, 0.29) is 6.10 Å². The van der Waals surface area contributed by atoms with Crippen LogP contribution >= 0.6 is 27.3 Å². The molecule has 2 N–H and O–H groups in total. The van der Waals surface area contributed by atoms with Gasteiger partial charge in [0.1, 0.15) is 0 Å². The Bertz CT molecular complexity index is 325. The second-order valence-corrected chi connectivity index (χ2v) is 7.01. The minimum Gasteiger partial charge on any atom is -0.393 e. The SMILES string of the molecule is Cc1cc(CNC2CCC(O)CC2)sc1Br. The lowest BCUT2D eigenvalue weighted by Crippen LogP contribution is -2.33. The fraction of sp³-hybridized carbons (Fsp3) is 0.667. The Morgan fingerprint density at radius 2 is 2.12 bits per heavy atom. The zero-order valence-electron chi connectivity index (χ0n) is 9.50. The molecule has 4 heteroatoms. The van der Waals surface area contributed by atoms with Crippen LogP contribution in [0.1, 0.15) is 36.1 Å². The highest BCUT2D eigenvalue weighted by atomic mass is 79.9. The van der Waals surface area contributed by atoms with E-state index in [0.29, 0.717) is 6.04 Å². The van der Waals surface area contributed by atoms with Crippen LogP contribution in [0.2, 0.25) is 0 Å². The Hall–Kier alpha value is 0.100. The molecule has 0 atom stereocenters. The van der Waals surface area contributed by atoms with Gasteiger partial charge in [0.15, 0.2) is 0 Å². The topological polar surface area (TPSA) is 32.3 Å². The largest absolute Gasteiger partial charge is 0.393 e. The average Bonchev–Trinajstić information content (AvgIpc) is 2.58. The molecule has 1 fully saturated rings. The number of thiophene rings is 1. The summed E-state index contributed by atoms with van der Waals surface area (Å²) in [5, 5.41) is 13.0. The summed E-state index contributed by atoms with van der Waals surface area (Å²) >= 11 is 5.36. The molecule has 2 nitrogen and oxygen atoms in total. The molecule has 1 aliphatic carbocycles. The van der Waals surface area contributed by atoms with E-state index < -0.39 is 0 Å². The zero-order valence-corrected chi connectivity index (χ0v) is 11.9. The van der Waals surface area contributed by atoms with Crippen molar-refractivity contribution < 1.29 is 5.11 Å². The summed E-state index contributed by atoms with van der Waals surface area (Å²) in [6, 6.07) is 2.82. The number of hydrogen-bond donors (Lipinski definition) is 2. The Morgan fingerprint density at radius 1 is 1.44 bits per heavy atom. The summed E-state index contributed by atoms with van der Waals surface area (Å²) < 4.78 is 1.24. The third-order valence-electron chi connectivity index (χ3n) is 3.17. The van der Waals surface area contributed by atoms with Crippen molar-refractivity contribution >= 4 is 27.3 Å². The molecule has 1 aliphatic rings. The van der Waals surface area contributed by atoms with Gasteiger partial charge in [-0.3, -0.25) is 0 Å². The van der Waals surface area contributed by atoms with E-state index in [1.165, 1.54) is 14.2 Å². The van der Waals surface area contributed by atoms with Crippen LogP contribution in [0.5, 0.6) is 0 Å². The quantitative estimate of drug-likeness (QED) is 0.899. The van der Waals surface area contributed by atoms with Gasteiger partial charge in [-0.2, -0.15) is 0 Å². The first kappa shape index (κ1) is 12.6. The van der Waals surface area contributed by atoms with E-state index in [1.54, 1.807) is 0 Å². The van der Waals surface area contributed by atoms with E-state index >= 15 is 0 Å².